The zero-order valence-corrected chi connectivity index (χ0v) is 19.6. The van der Waals surface area contributed by atoms with Crippen molar-refractivity contribution in [2.45, 2.75) is 13.5 Å². The second-order valence-electron chi connectivity index (χ2n) is 6.72. The average molecular weight is 516 g/mol. The lowest BCUT2D eigenvalue weighted by molar-refractivity contribution is -0.112. The van der Waals surface area contributed by atoms with Gasteiger partial charge in [-0.15, -0.1) is 0 Å². The summed E-state index contributed by atoms with van der Waals surface area (Å²) in [6, 6.07) is 20.1. The van der Waals surface area contributed by atoms with Gasteiger partial charge < -0.3 is 10.1 Å². The predicted octanol–water partition coefficient (Wildman–Crippen LogP) is 7.19. The van der Waals surface area contributed by atoms with E-state index in [9.17, 15) is 10.1 Å². The summed E-state index contributed by atoms with van der Waals surface area (Å²) in [5.41, 5.74) is 3.31. The number of halogens is 3. The summed E-state index contributed by atoms with van der Waals surface area (Å²) in [6.45, 7) is 2.47. The number of nitrogens with one attached hydrogen (secondary N) is 1. The Labute approximate surface area is 199 Å². The third-order valence-corrected chi connectivity index (χ3v) is 5.65. The molecule has 156 valence electrons. The maximum absolute atomic E-state index is 12.5. The summed E-state index contributed by atoms with van der Waals surface area (Å²) in [5, 5.41) is 12.8. The lowest BCUT2D eigenvalue weighted by Crippen LogP contribution is -2.13. The molecule has 1 amide bonds. The number of aryl methyl sites for hydroxylation is 1. The van der Waals surface area contributed by atoms with E-state index in [2.05, 4.69) is 27.3 Å². The Morgan fingerprint density at radius 1 is 1.13 bits per heavy atom. The van der Waals surface area contributed by atoms with Crippen LogP contribution in [-0.4, -0.2) is 5.91 Å². The third kappa shape index (κ3) is 6.35. The third-order valence-electron chi connectivity index (χ3n) is 4.29. The lowest BCUT2D eigenvalue weighted by Gasteiger charge is -2.10. The number of carbonyl (C=O) groups excluding carboxylic acids is 1. The van der Waals surface area contributed by atoms with E-state index >= 15 is 0 Å². The maximum atomic E-state index is 12.5. The average Bonchev–Trinajstić information content (AvgIpc) is 2.74. The Kier molecular flexibility index (Phi) is 7.75. The molecule has 3 rings (SSSR count). The standard InChI is InChI=1S/C24H17BrCl2N2O2/c1-15-3-2-4-17(9-15)14-31-23-8-5-16(11-20(23)25)10-18(13-28)24(30)29-19-6-7-21(26)22(27)12-19/h2-12H,14H2,1H3,(H,29,30)/b18-10+. The first kappa shape index (κ1) is 22.9. The summed E-state index contributed by atoms with van der Waals surface area (Å²) in [4.78, 5) is 12.5. The number of nitrogens with zero attached hydrogens (tertiary/aromatic N) is 1. The smallest absolute Gasteiger partial charge is 0.266 e. The number of amides is 1. The van der Waals surface area contributed by atoms with Crippen molar-refractivity contribution in [1.29, 1.82) is 5.26 Å². The zero-order chi connectivity index (χ0) is 22.4. The number of anilines is 1. The molecule has 31 heavy (non-hydrogen) atoms. The van der Waals surface area contributed by atoms with Crippen molar-refractivity contribution >= 4 is 56.8 Å². The number of hydrogen-bond acceptors (Lipinski definition) is 3. The maximum Gasteiger partial charge on any atom is 0.266 e. The van der Waals surface area contributed by atoms with Gasteiger partial charge >= 0.3 is 0 Å². The molecule has 0 atom stereocenters. The highest BCUT2D eigenvalue weighted by molar-refractivity contribution is 9.10. The molecule has 7 heteroatoms. The van der Waals surface area contributed by atoms with Crippen molar-refractivity contribution < 1.29 is 9.53 Å². The minimum Gasteiger partial charge on any atom is -0.488 e. The minimum atomic E-state index is -0.545. The van der Waals surface area contributed by atoms with Crippen LogP contribution in [0.3, 0.4) is 0 Å². The van der Waals surface area contributed by atoms with Crippen LogP contribution in [0.2, 0.25) is 10.0 Å². The molecule has 3 aromatic rings. The number of nitriles is 1. The lowest BCUT2D eigenvalue weighted by atomic mass is 10.1. The van der Waals surface area contributed by atoms with Gasteiger partial charge in [0, 0.05) is 5.69 Å². The monoisotopic (exact) mass is 514 g/mol. The molecule has 0 bridgehead atoms. The quantitative estimate of drug-likeness (QED) is 0.279. The molecule has 0 fully saturated rings. The SMILES string of the molecule is Cc1cccc(COc2ccc(/C=C(\C#N)C(=O)Nc3ccc(Cl)c(Cl)c3)cc2Br)c1. The van der Waals surface area contributed by atoms with Crippen molar-refractivity contribution in [3.8, 4) is 11.8 Å². The van der Waals surface area contributed by atoms with Gasteiger partial charge in [0.15, 0.2) is 0 Å². The molecule has 0 spiro atoms. The molecule has 0 saturated heterocycles. The van der Waals surface area contributed by atoms with Crippen LogP contribution in [0.25, 0.3) is 6.08 Å². The van der Waals surface area contributed by atoms with Gasteiger partial charge in [-0.3, -0.25) is 4.79 Å². The number of hydrogen-bond donors (Lipinski definition) is 1. The van der Waals surface area contributed by atoms with Crippen molar-refractivity contribution in [2.24, 2.45) is 0 Å². The molecule has 0 radical (unpaired) electrons. The number of carbonyl (C=O) groups is 1. The van der Waals surface area contributed by atoms with Crippen LogP contribution in [0.1, 0.15) is 16.7 Å². The van der Waals surface area contributed by atoms with E-state index in [0.29, 0.717) is 33.7 Å². The molecule has 0 saturated carbocycles. The molecule has 1 N–H and O–H groups in total. The molecule has 0 aliphatic rings. The first-order valence-electron chi connectivity index (χ1n) is 9.22. The van der Waals surface area contributed by atoms with E-state index in [0.717, 1.165) is 10.0 Å². The largest absolute Gasteiger partial charge is 0.488 e. The van der Waals surface area contributed by atoms with Gasteiger partial charge in [0.2, 0.25) is 0 Å². The molecular weight excluding hydrogens is 499 g/mol. The first-order valence-corrected chi connectivity index (χ1v) is 10.8. The summed E-state index contributed by atoms with van der Waals surface area (Å²) in [6.07, 6.45) is 1.50. The first-order chi connectivity index (χ1) is 14.9. The molecular formula is C24H17BrCl2N2O2. The molecule has 0 aliphatic carbocycles. The fraction of sp³-hybridized carbons (Fsp3) is 0.0833. The summed E-state index contributed by atoms with van der Waals surface area (Å²) >= 11 is 15.3. The zero-order valence-electron chi connectivity index (χ0n) is 16.5. The topological polar surface area (TPSA) is 62.1 Å². The highest BCUT2D eigenvalue weighted by atomic mass is 79.9. The predicted molar refractivity (Wildman–Crippen MR) is 128 cm³/mol. The van der Waals surface area contributed by atoms with Gasteiger partial charge in [-0.25, -0.2) is 0 Å². The van der Waals surface area contributed by atoms with Gasteiger partial charge in [0.05, 0.1) is 14.5 Å². The molecule has 3 aromatic carbocycles. The molecule has 0 aromatic heterocycles. The van der Waals surface area contributed by atoms with E-state index in [1.54, 1.807) is 30.3 Å². The number of ether oxygens (including phenoxy) is 1. The Balaban J connectivity index is 1.71. The Hall–Kier alpha value is -2.78. The van der Waals surface area contributed by atoms with Crippen LogP contribution in [0.4, 0.5) is 5.69 Å². The van der Waals surface area contributed by atoms with Crippen molar-refractivity contribution in [3.05, 3.63) is 97.4 Å². The Morgan fingerprint density at radius 2 is 1.94 bits per heavy atom. The summed E-state index contributed by atoms with van der Waals surface area (Å²) < 4.78 is 6.59. The second-order valence-corrected chi connectivity index (χ2v) is 8.39. The van der Waals surface area contributed by atoms with Crippen molar-refractivity contribution in [3.63, 3.8) is 0 Å². The van der Waals surface area contributed by atoms with Gasteiger partial charge in [0.25, 0.3) is 5.91 Å². The number of benzene rings is 3. The van der Waals surface area contributed by atoms with E-state index in [-0.39, 0.29) is 5.57 Å². The highest BCUT2D eigenvalue weighted by Gasteiger charge is 2.11. The highest BCUT2D eigenvalue weighted by Crippen LogP contribution is 2.28. The molecule has 0 unspecified atom stereocenters. The molecule has 4 nitrogen and oxygen atoms in total. The van der Waals surface area contributed by atoms with E-state index in [1.807, 2.05) is 31.2 Å². The van der Waals surface area contributed by atoms with Crippen LogP contribution < -0.4 is 10.1 Å². The van der Waals surface area contributed by atoms with Gasteiger partial charge in [-0.05, 0) is 70.4 Å². The normalized spacial score (nSPS) is 11.0. The van der Waals surface area contributed by atoms with Crippen LogP contribution in [0, 0.1) is 18.3 Å². The Bertz CT molecular complexity index is 1200. The summed E-state index contributed by atoms with van der Waals surface area (Å²) in [7, 11) is 0. The molecule has 0 heterocycles. The van der Waals surface area contributed by atoms with Crippen molar-refractivity contribution in [2.75, 3.05) is 5.32 Å². The summed E-state index contributed by atoms with van der Waals surface area (Å²) in [5.74, 6) is 0.120. The molecule has 0 aliphatic heterocycles. The van der Waals surface area contributed by atoms with E-state index < -0.39 is 5.91 Å². The van der Waals surface area contributed by atoms with Crippen LogP contribution in [0.15, 0.2) is 70.7 Å². The fourth-order valence-electron chi connectivity index (χ4n) is 2.77. The van der Waals surface area contributed by atoms with Crippen LogP contribution in [-0.2, 0) is 11.4 Å². The Morgan fingerprint density at radius 3 is 2.61 bits per heavy atom. The number of rotatable bonds is 6. The van der Waals surface area contributed by atoms with Gasteiger partial charge in [0.1, 0.15) is 24.0 Å². The van der Waals surface area contributed by atoms with Crippen molar-refractivity contribution in [1.82, 2.24) is 0 Å². The van der Waals surface area contributed by atoms with E-state index in [1.165, 1.54) is 17.7 Å². The van der Waals surface area contributed by atoms with Crippen LogP contribution >= 0.6 is 39.1 Å². The fourth-order valence-corrected chi connectivity index (χ4v) is 3.58. The minimum absolute atomic E-state index is 0.0496. The second kappa shape index (κ2) is 10.5. The van der Waals surface area contributed by atoms with Crippen LogP contribution in [0.5, 0.6) is 5.75 Å². The van der Waals surface area contributed by atoms with E-state index in [4.69, 9.17) is 27.9 Å². The van der Waals surface area contributed by atoms with Gasteiger partial charge in [-0.2, -0.15) is 5.26 Å². The van der Waals surface area contributed by atoms with Gasteiger partial charge in [-0.1, -0.05) is 59.1 Å².